The van der Waals surface area contributed by atoms with Crippen molar-refractivity contribution >= 4 is 5.78 Å². The maximum atomic E-state index is 11.5. The molecule has 1 heterocycles. The first-order valence-corrected chi connectivity index (χ1v) is 5.43. The third-order valence-electron chi connectivity index (χ3n) is 2.94. The van der Waals surface area contributed by atoms with Gasteiger partial charge in [0.25, 0.3) is 0 Å². The van der Waals surface area contributed by atoms with Gasteiger partial charge in [-0.3, -0.25) is 4.79 Å². The molecule has 3 rings (SSSR count). The molecule has 0 saturated heterocycles. The third-order valence-corrected chi connectivity index (χ3v) is 2.94. The van der Waals surface area contributed by atoms with Crippen LogP contribution in [-0.4, -0.2) is 15.6 Å². The molecule has 0 unspecified atom stereocenters. The molecule has 0 bridgehead atoms. The summed E-state index contributed by atoms with van der Waals surface area (Å²) in [7, 11) is 0. The first kappa shape index (κ1) is 9.33. The summed E-state index contributed by atoms with van der Waals surface area (Å²) < 4.78 is 1.80. The molecular formula is C13H12N2O. The van der Waals surface area contributed by atoms with E-state index in [1.165, 1.54) is 5.56 Å². The maximum Gasteiger partial charge on any atom is 0.183 e. The molecule has 0 radical (unpaired) electrons. The molecule has 0 fully saturated rings. The monoisotopic (exact) mass is 212 g/mol. The summed E-state index contributed by atoms with van der Waals surface area (Å²) in [6.45, 7) is 2.05. The van der Waals surface area contributed by atoms with E-state index in [4.69, 9.17) is 0 Å². The van der Waals surface area contributed by atoms with E-state index < -0.39 is 0 Å². The highest BCUT2D eigenvalue weighted by molar-refractivity contribution is 5.98. The van der Waals surface area contributed by atoms with Crippen LogP contribution >= 0.6 is 0 Å². The summed E-state index contributed by atoms with van der Waals surface area (Å²) >= 11 is 0. The molecule has 0 saturated carbocycles. The Morgan fingerprint density at radius 3 is 2.94 bits per heavy atom. The van der Waals surface area contributed by atoms with Crippen molar-refractivity contribution < 1.29 is 4.79 Å². The van der Waals surface area contributed by atoms with Crippen molar-refractivity contribution in [2.75, 3.05) is 0 Å². The highest BCUT2D eigenvalue weighted by atomic mass is 16.1. The van der Waals surface area contributed by atoms with Crippen LogP contribution < -0.4 is 0 Å². The number of nitrogens with zero attached hydrogens (tertiary/aromatic N) is 2. The molecular weight excluding hydrogens is 200 g/mol. The van der Waals surface area contributed by atoms with Crippen LogP contribution in [0.1, 0.15) is 28.0 Å². The number of carbonyl (C=O) groups is 1. The van der Waals surface area contributed by atoms with E-state index in [-0.39, 0.29) is 5.78 Å². The molecule has 2 aromatic rings. The number of Topliss-reactive ketones (excluding diaryl/α,β-unsaturated/α-hetero) is 1. The molecule has 1 aromatic carbocycles. The van der Waals surface area contributed by atoms with E-state index in [0.717, 1.165) is 17.7 Å². The Bertz CT molecular complexity index is 569. The number of hydrogen-bond donors (Lipinski definition) is 0. The fourth-order valence-electron chi connectivity index (χ4n) is 2.10. The largest absolute Gasteiger partial charge is 0.292 e. The summed E-state index contributed by atoms with van der Waals surface area (Å²) in [5, 5.41) is 4.35. The predicted octanol–water partition coefficient (Wildman–Crippen LogP) is 2.31. The van der Waals surface area contributed by atoms with E-state index in [9.17, 15) is 4.79 Å². The normalized spacial score (nSPS) is 14.2. The molecule has 1 aliphatic carbocycles. The second-order valence-corrected chi connectivity index (χ2v) is 4.21. The molecule has 0 aliphatic heterocycles. The van der Waals surface area contributed by atoms with Crippen molar-refractivity contribution in [3.05, 3.63) is 47.3 Å². The predicted molar refractivity (Wildman–Crippen MR) is 61.0 cm³/mol. The Morgan fingerprint density at radius 2 is 2.19 bits per heavy atom. The summed E-state index contributed by atoms with van der Waals surface area (Å²) in [5.41, 5.74) is 3.94. The molecule has 1 aliphatic rings. The number of benzene rings is 1. The zero-order chi connectivity index (χ0) is 11.1. The van der Waals surface area contributed by atoms with Crippen molar-refractivity contribution in [1.82, 2.24) is 9.78 Å². The number of ketones is 1. The summed E-state index contributed by atoms with van der Waals surface area (Å²) in [4.78, 5) is 11.5. The van der Waals surface area contributed by atoms with E-state index in [1.807, 2.05) is 31.3 Å². The lowest BCUT2D eigenvalue weighted by atomic mass is 10.2. The highest BCUT2D eigenvalue weighted by Gasteiger charge is 2.23. The van der Waals surface area contributed by atoms with E-state index in [1.54, 1.807) is 4.68 Å². The van der Waals surface area contributed by atoms with Gasteiger partial charge in [-0.05, 0) is 31.0 Å². The molecule has 3 nitrogen and oxygen atoms in total. The molecule has 1 aromatic heterocycles. The molecule has 0 spiro atoms. The number of rotatable bonds is 1. The van der Waals surface area contributed by atoms with Gasteiger partial charge in [-0.1, -0.05) is 12.1 Å². The Morgan fingerprint density at radius 1 is 1.31 bits per heavy atom. The molecule has 0 atom stereocenters. The fourth-order valence-corrected chi connectivity index (χ4v) is 2.10. The van der Waals surface area contributed by atoms with Crippen LogP contribution in [0.2, 0.25) is 0 Å². The molecule has 0 amide bonds. The molecule has 0 N–H and O–H groups in total. The number of fused-ring (bicyclic) bond motifs is 1. The Kier molecular flexibility index (Phi) is 1.93. The summed E-state index contributed by atoms with van der Waals surface area (Å²) in [6.07, 6.45) is 3.42. The Hall–Kier alpha value is -1.90. The van der Waals surface area contributed by atoms with Crippen LogP contribution in [0.3, 0.4) is 0 Å². The maximum absolute atomic E-state index is 11.5. The lowest BCUT2D eigenvalue weighted by Gasteiger charge is -2.02. The average Bonchev–Trinajstić information content (AvgIpc) is 2.81. The average molecular weight is 212 g/mol. The minimum absolute atomic E-state index is 0.168. The fraction of sp³-hybridized carbons (Fsp3) is 0.231. The number of carbonyl (C=O) groups excluding carboxylic acids is 1. The first-order chi connectivity index (χ1) is 7.74. The van der Waals surface area contributed by atoms with Gasteiger partial charge in [-0.25, -0.2) is 4.68 Å². The van der Waals surface area contributed by atoms with Gasteiger partial charge in [-0.2, -0.15) is 5.10 Å². The molecule has 16 heavy (non-hydrogen) atoms. The van der Waals surface area contributed by atoms with Gasteiger partial charge in [0.1, 0.15) is 5.69 Å². The standard InChI is InChI=1S/C13H12N2O/c1-9-3-2-4-11(7-9)15-8-10-5-6-12(16)13(10)14-15/h2-4,7-8H,5-6H2,1H3. The van der Waals surface area contributed by atoms with Crippen molar-refractivity contribution in [2.24, 2.45) is 0 Å². The summed E-state index contributed by atoms with van der Waals surface area (Å²) in [6, 6.07) is 8.11. The van der Waals surface area contributed by atoms with Gasteiger partial charge in [0.2, 0.25) is 0 Å². The Balaban J connectivity index is 2.08. The second-order valence-electron chi connectivity index (χ2n) is 4.21. The van der Waals surface area contributed by atoms with Crippen LogP contribution in [0.4, 0.5) is 0 Å². The number of aromatic nitrogens is 2. The van der Waals surface area contributed by atoms with Gasteiger partial charge in [-0.15, -0.1) is 0 Å². The van der Waals surface area contributed by atoms with Crippen LogP contribution in [0.15, 0.2) is 30.5 Å². The van der Waals surface area contributed by atoms with Crippen molar-refractivity contribution in [3.8, 4) is 5.69 Å². The molecule has 80 valence electrons. The van der Waals surface area contributed by atoms with Crippen molar-refractivity contribution in [2.45, 2.75) is 19.8 Å². The minimum atomic E-state index is 0.168. The lowest BCUT2D eigenvalue weighted by molar-refractivity contribution is 0.0989. The van der Waals surface area contributed by atoms with E-state index >= 15 is 0 Å². The minimum Gasteiger partial charge on any atom is -0.292 e. The zero-order valence-corrected chi connectivity index (χ0v) is 9.10. The van der Waals surface area contributed by atoms with Gasteiger partial charge in [0.15, 0.2) is 5.78 Å². The lowest BCUT2D eigenvalue weighted by Crippen LogP contribution is -2.00. The van der Waals surface area contributed by atoms with Crippen molar-refractivity contribution in [1.29, 1.82) is 0 Å². The van der Waals surface area contributed by atoms with Gasteiger partial charge in [0.05, 0.1) is 5.69 Å². The number of aryl methyl sites for hydroxylation is 2. The summed E-state index contributed by atoms with van der Waals surface area (Å²) in [5.74, 6) is 0.168. The van der Waals surface area contributed by atoms with Crippen LogP contribution in [0, 0.1) is 6.92 Å². The first-order valence-electron chi connectivity index (χ1n) is 5.43. The topological polar surface area (TPSA) is 34.9 Å². The van der Waals surface area contributed by atoms with Gasteiger partial charge >= 0.3 is 0 Å². The Labute approximate surface area is 93.7 Å². The second kappa shape index (κ2) is 3.30. The zero-order valence-electron chi connectivity index (χ0n) is 9.10. The third kappa shape index (κ3) is 1.36. The van der Waals surface area contributed by atoms with E-state index in [0.29, 0.717) is 12.1 Å². The molecule has 3 heteroatoms. The highest BCUT2D eigenvalue weighted by Crippen LogP contribution is 2.22. The van der Waals surface area contributed by atoms with Crippen LogP contribution in [-0.2, 0) is 6.42 Å². The SMILES string of the molecule is Cc1cccc(-n2cc3c(n2)C(=O)CC3)c1. The van der Waals surface area contributed by atoms with Crippen LogP contribution in [0.25, 0.3) is 5.69 Å². The number of hydrogen-bond acceptors (Lipinski definition) is 2. The van der Waals surface area contributed by atoms with Crippen LogP contribution in [0.5, 0.6) is 0 Å². The van der Waals surface area contributed by atoms with Gasteiger partial charge in [0, 0.05) is 18.2 Å². The quantitative estimate of drug-likeness (QED) is 0.727. The van der Waals surface area contributed by atoms with Gasteiger partial charge < -0.3 is 0 Å². The smallest absolute Gasteiger partial charge is 0.183 e. The van der Waals surface area contributed by atoms with E-state index in [2.05, 4.69) is 11.2 Å². The van der Waals surface area contributed by atoms with Crippen molar-refractivity contribution in [3.63, 3.8) is 0 Å².